The van der Waals surface area contributed by atoms with E-state index >= 15 is 0 Å². The first-order valence-corrected chi connectivity index (χ1v) is 5.50. The molecule has 13 heavy (non-hydrogen) atoms. The summed E-state index contributed by atoms with van der Waals surface area (Å²) in [7, 11) is 0. The smallest absolute Gasteiger partial charge is 0.0462 e. The van der Waals surface area contributed by atoms with Crippen molar-refractivity contribution in [3.63, 3.8) is 0 Å². The minimum Gasteiger partial charge on any atom is -0.396 e. The second-order valence-corrected chi connectivity index (χ2v) is 4.63. The molecule has 0 spiro atoms. The fraction of sp³-hybridized carbons (Fsp3) is 1.00. The van der Waals surface area contributed by atoms with E-state index in [0.717, 1.165) is 13.0 Å². The fourth-order valence-corrected chi connectivity index (χ4v) is 2.12. The van der Waals surface area contributed by atoms with Crippen molar-refractivity contribution in [2.75, 3.05) is 19.7 Å². The molecule has 2 nitrogen and oxygen atoms in total. The normalized spacial score (nSPS) is 32.1. The van der Waals surface area contributed by atoms with Gasteiger partial charge >= 0.3 is 0 Å². The predicted molar refractivity (Wildman–Crippen MR) is 55.7 cm³/mol. The first-order chi connectivity index (χ1) is 6.15. The molecule has 1 heterocycles. The van der Waals surface area contributed by atoms with Gasteiger partial charge < -0.3 is 10.0 Å². The van der Waals surface area contributed by atoms with Gasteiger partial charge in [-0.3, -0.25) is 0 Å². The maximum absolute atomic E-state index is 9.19. The summed E-state index contributed by atoms with van der Waals surface area (Å²) in [6.07, 6.45) is 2.40. The number of hydrogen-bond donors (Lipinski definition) is 1. The molecule has 0 aromatic heterocycles. The van der Waals surface area contributed by atoms with E-state index in [0.29, 0.717) is 24.5 Å². The molecule has 1 fully saturated rings. The minimum absolute atomic E-state index is 0.368. The maximum atomic E-state index is 9.19. The Kier molecular flexibility index (Phi) is 4.20. The van der Waals surface area contributed by atoms with Gasteiger partial charge in [-0.25, -0.2) is 0 Å². The summed E-state index contributed by atoms with van der Waals surface area (Å²) >= 11 is 0. The summed E-state index contributed by atoms with van der Waals surface area (Å²) in [6.45, 7) is 9.51. The van der Waals surface area contributed by atoms with E-state index in [9.17, 15) is 5.11 Å². The molecule has 1 aliphatic rings. The lowest BCUT2D eigenvalue weighted by atomic mass is 9.90. The van der Waals surface area contributed by atoms with Crippen LogP contribution in [0.2, 0.25) is 0 Å². The van der Waals surface area contributed by atoms with Crippen LogP contribution < -0.4 is 0 Å². The number of rotatable bonds is 2. The van der Waals surface area contributed by atoms with Gasteiger partial charge in [0.1, 0.15) is 0 Å². The predicted octanol–water partition coefficient (Wildman–Crippen LogP) is 1.74. The van der Waals surface area contributed by atoms with Crippen LogP contribution in [0.15, 0.2) is 0 Å². The van der Waals surface area contributed by atoms with Crippen LogP contribution in [-0.2, 0) is 0 Å². The Morgan fingerprint density at radius 1 is 1.31 bits per heavy atom. The lowest BCUT2D eigenvalue weighted by Gasteiger charge is -2.24. The molecular weight excluding hydrogens is 162 g/mol. The van der Waals surface area contributed by atoms with Gasteiger partial charge in [0.25, 0.3) is 0 Å². The average molecular weight is 185 g/mol. The van der Waals surface area contributed by atoms with Crippen molar-refractivity contribution in [1.82, 2.24) is 4.90 Å². The van der Waals surface area contributed by atoms with E-state index in [1.807, 2.05) is 0 Å². The van der Waals surface area contributed by atoms with Crippen molar-refractivity contribution < 1.29 is 5.11 Å². The molecule has 1 aliphatic heterocycles. The Balaban J connectivity index is 2.46. The average Bonchev–Trinajstić information content (AvgIpc) is 2.27. The largest absolute Gasteiger partial charge is 0.396 e. The number of aliphatic hydroxyl groups is 1. The van der Waals surface area contributed by atoms with Gasteiger partial charge in [0.2, 0.25) is 0 Å². The van der Waals surface area contributed by atoms with Crippen LogP contribution in [0, 0.1) is 11.8 Å². The number of likely N-dealkylation sites (tertiary alicyclic amines) is 1. The minimum atomic E-state index is 0.368. The molecule has 0 radical (unpaired) electrons. The van der Waals surface area contributed by atoms with Crippen LogP contribution in [-0.4, -0.2) is 35.7 Å². The molecule has 0 aliphatic carbocycles. The Hall–Kier alpha value is -0.0800. The molecule has 2 heteroatoms. The van der Waals surface area contributed by atoms with E-state index in [1.165, 1.54) is 13.0 Å². The van der Waals surface area contributed by atoms with E-state index in [-0.39, 0.29) is 0 Å². The first-order valence-electron chi connectivity index (χ1n) is 5.50. The molecule has 0 bridgehead atoms. The topological polar surface area (TPSA) is 23.5 Å². The summed E-state index contributed by atoms with van der Waals surface area (Å²) in [5.74, 6) is 1.22. The molecule has 1 rings (SSSR count). The van der Waals surface area contributed by atoms with Crippen molar-refractivity contribution in [3.8, 4) is 0 Å². The fourth-order valence-electron chi connectivity index (χ4n) is 2.12. The quantitative estimate of drug-likeness (QED) is 0.708. The lowest BCUT2D eigenvalue weighted by molar-refractivity contribution is 0.175. The van der Waals surface area contributed by atoms with Gasteiger partial charge in [0, 0.05) is 12.6 Å². The Morgan fingerprint density at radius 3 is 2.46 bits per heavy atom. The first kappa shape index (κ1) is 11.0. The van der Waals surface area contributed by atoms with Gasteiger partial charge in [-0.1, -0.05) is 6.92 Å². The summed E-state index contributed by atoms with van der Waals surface area (Å²) in [4.78, 5) is 2.52. The molecular formula is C11H23NO. The second kappa shape index (κ2) is 4.97. The summed E-state index contributed by atoms with van der Waals surface area (Å²) in [5, 5.41) is 9.19. The summed E-state index contributed by atoms with van der Waals surface area (Å²) in [6, 6.07) is 0.657. The Labute approximate surface area is 81.9 Å². The molecule has 1 N–H and O–H groups in total. The molecule has 2 atom stereocenters. The van der Waals surface area contributed by atoms with Crippen molar-refractivity contribution in [3.05, 3.63) is 0 Å². The zero-order valence-electron chi connectivity index (χ0n) is 9.16. The van der Waals surface area contributed by atoms with Crippen molar-refractivity contribution in [2.45, 2.75) is 39.7 Å². The number of nitrogens with zero attached hydrogens (tertiary/aromatic N) is 1. The molecule has 1 saturated heterocycles. The van der Waals surface area contributed by atoms with E-state index < -0.39 is 0 Å². The third-order valence-corrected chi connectivity index (χ3v) is 3.43. The van der Waals surface area contributed by atoms with Crippen LogP contribution in [0.25, 0.3) is 0 Å². The third-order valence-electron chi connectivity index (χ3n) is 3.43. The van der Waals surface area contributed by atoms with Crippen LogP contribution >= 0.6 is 0 Å². The lowest BCUT2D eigenvalue weighted by Crippen LogP contribution is -2.31. The highest BCUT2D eigenvalue weighted by Crippen LogP contribution is 2.23. The van der Waals surface area contributed by atoms with E-state index in [1.54, 1.807) is 0 Å². The van der Waals surface area contributed by atoms with Gasteiger partial charge in [-0.05, 0) is 51.6 Å². The van der Waals surface area contributed by atoms with Gasteiger partial charge in [-0.2, -0.15) is 0 Å². The summed E-state index contributed by atoms with van der Waals surface area (Å²) < 4.78 is 0. The summed E-state index contributed by atoms with van der Waals surface area (Å²) in [5.41, 5.74) is 0. The Bertz CT molecular complexity index is 147. The number of aliphatic hydroxyl groups excluding tert-OH is 1. The molecule has 0 saturated carbocycles. The van der Waals surface area contributed by atoms with Crippen molar-refractivity contribution >= 4 is 0 Å². The molecule has 0 unspecified atom stereocenters. The molecule has 0 amide bonds. The van der Waals surface area contributed by atoms with Crippen LogP contribution in [0.5, 0.6) is 0 Å². The monoisotopic (exact) mass is 185 g/mol. The zero-order chi connectivity index (χ0) is 9.84. The van der Waals surface area contributed by atoms with Crippen molar-refractivity contribution in [1.29, 1.82) is 0 Å². The van der Waals surface area contributed by atoms with Crippen LogP contribution in [0.3, 0.4) is 0 Å². The standard InChI is InChI=1S/C11H23NO/c1-9(2)12-6-4-10(3)11(8-13)5-7-12/h9-11,13H,4-8H2,1-3H3/t10-,11-/m0/s1. The van der Waals surface area contributed by atoms with Crippen LogP contribution in [0.4, 0.5) is 0 Å². The van der Waals surface area contributed by atoms with E-state index in [2.05, 4.69) is 25.7 Å². The van der Waals surface area contributed by atoms with Gasteiger partial charge in [0.05, 0.1) is 0 Å². The highest BCUT2D eigenvalue weighted by atomic mass is 16.3. The molecule has 0 aromatic rings. The Morgan fingerprint density at radius 2 is 1.92 bits per heavy atom. The molecule has 78 valence electrons. The number of hydrogen-bond acceptors (Lipinski definition) is 2. The SMILES string of the molecule is CC(C)N1CC[C@@H](CO)[C@@H](C)CC1. The highest BCUT2D eigenvalue weighted by molar-refractivity contribution is 4.75. The maximum Gasteiger partial charge on any atom is 0.0462 e. The zero-order valence-corrected chi connectivity index (χ0v) is 9.16. The molecule has 0 aromatic carbocycles. The second-order valence-electron chi connectivity index (χ2n) is 4.63. The van der Waals surface area contributed by atoms with Gasteiger partial charge in [0.15, 0.2) is 0 Å². The van der Waals surface area contributed by atoms with Crippen LogP contribution in [0.1, 0.15) is 33.6 Å². The van der Waals surface area contributed by atoms with Gasteiger partial charge in [-0.15, -0.1) is 0 Å². The van der Waals surface area contributed by atoms with Crippen molar-refractivity contribution in [2.24, 2.45) is 11.8 Å². The highest BCUT2D eigenvalue weighted by Gasteiger charge is 2.23. The third kappa shape index (κ3) is 2.96. The van der Waals surface area contributed by atoms with E-state index in [4.69, 9.17) is 0 Å².